The zero-order valence-electron chi connectivity index (χ0n) is 14.9. The van der Waals surface area contributed by atoms with Crippen molar-refractivity contribution in [1.29, 1.82) is 0 Å². The van der Waals surface area contributed by atoms with Crippen LogP contribution in [-0.4, -0.2) is 38.1 Å². The first-order chi connectivity index (χ1) is 11.5. The van der Waals surface area contributed by atoms with Gasteiger partial charge in [-0.1, -0.05) is 29.8 Å². The minimum atomic E-state index is -0.0449. The molecule has 0 saturated heterocycles. The molecule has 0 heterocycles. The van der Waals surface area contributed by atoms with Gasteiger partial charge in [-0.2, -0.15) is 0 Å². The first kappa shape index (κ1) is 18.0. The molecule has 24 heavy (non-hydrogen) atoms. The molecule has 0 aliphatic rings. The Morgan fingerprint density at radius 3 is 2.46 bits per heavy atom. The van der Waals surface area contributed by atoms with Crippen LogP contribution in [0.25, 0.3) is 0 Å². The zero-order valence-corrected chi connectivity index (χ0v) is 14.9. The summed E-state index contributed by atoms with van der Waals surface area (Å²) in [5.41, 5.74) is 2.92. The molecule has 4 nitrogen and oxygen atoms in total. The van der Waals surface area contributed by atoms with E-state index in [1.165, 1.54) is 0 Å². The molecule has 1 unspecified atom stereocenters. The third-order valence-corrected chi connectivity index (χ3v) is 3.94. The van der Waals surface area contributed by atoms with Crippen LogP contribution in [0.4, 0.5) is 0 Å². The highest BCUT2D eigenvalue weighted by Gasteiger charge is 2.16. The lowest BCUT2D eigenvalue weighted by Crippen LogP contribution is -2.34. The predicted octanol–water partition coefficient (Wildman–Crippen LogP) is 3.43. The predicted molar refractivity (Wildman–Crippen MR) is 97.6 cm³/mol. The molecule has 0 fully saturated rings. The van der Waals surface area contributed by atoms with Crippen molar-refractivity contribution < 1.29 is 9.53 Å². The van der Waals surface area contributed by atoms with Crippen LogP contribution in [0.2, 0.25) is 0 Å². The van der Waals surface area contributed by atoms with Crippen LogP contribution in [0.15, 0.2) is 48.5 Å². The summed E-state index contributed by atoms with van der Waals surface area (Å²) in [6, 6.07) is 15.8. The zero-order chi connectivity index (χ0) is 17.5. The first-order valence-electron chi connectivity index (χ1n) is 8.25. The van der Waals surface area contributed by atoms with Crippen molar-refractivity contribution in [1.82, 2.24) is 10.2 Å². The lowest BCUT2D eigenvalue weighted by atomic mass is 10.1. The second-order valence-corrected chi connectivity index (χ2v) is 6.06. The lowest BCUT2D eigenvalue weighted by Gasteiger charge is -2.25. The second kappa shape index (κ2) is 8.50. The fourth-order valence-corrected chi connectivity index (χ4v) is 2.63. The number of hydrogen-bond acceptors (Lipinski definition) is 3. The number of nitrogens with one attached hydrogen (secondary N) is 1. The topological polar surface area (TPSA) is 41.6 Å². The number of amides is 1. The number of aryl methyl sites for hydroxylation is 1. The standard InChI is InChI=1S/C20H26N2O2/c1-5-24-18-11-9-16(10-12-18)19(22(3)4)14-21-20(23)17-8-6-7-15(2)13-17/h6-13,19H,5,14H2,1-4H3,(H,21,23). The monoisotopic (exact) mass is 326 g/mol. The molecule has 0 aliphatic carbocycles. The summed E-state index contributed by atoms with van der Waals surface area (Å²) in [7, 11) is 4.03. The number of rotatable bonds is 7. The van der Waals surface area contributed by atoms with Crippen molar-refractivity contribution in [2.24, 2.45) is 0 Å². The van der Waals surface area contributed by atoms with Crippen molar-refractivity contribution in [2.45, 2.75) is 19.9 Å². The Morgan fingerprint density at radius 2 is 1.88 bits per heavy atom. The van der Waals surface area contributed by atoms with E-state index < -0.39 is 0 Å². The van der Waals surface area contributed by atoms with Crippen LogP contribution in [0.3, 0.4) is 0 Å². The molecule has 0 spiro atoms. The Kier molecular flexibility index (Phi) is 6.38. The Morgan fingerprint density at radius 1 is 1.17 bits per heavy atom. The Hall–Kier alpha value is -2.33. The number of likely N-dealkylation sites (N-methyl/N-ethyl adjacent to an activating group) is 1. The van der Waals surface area contributed by atoms with Gasteiger partial charge in [0.25, 0.3) is 5.91 Å². The van der Waals surface area contributed by atoms with Gasteiger partial charge in [-0.3, -0.25) is 4.79 Å². The molecule has 1 atom stereocenters. The molecule has 0 radical (unpaired) electrons. The van der Waals surface area contributed by atoms with E-state index in [0.717, 1.165) is 16.9 Å². The molecule has 2 aromatic rings. The van der Waals surface area contributed by atoms with Crippen molar-refractivity contribution in [3.05, 3.63) is 65.2 Å². The van der Waals surface area contributed by atoms with E-state index in [2.05, 4.69) is 22.3 Å². The first-order valence-corrected chi connectivity index (χ1v) is 8.25. The number of ether oxygens (including phenoxy) is 1. The molecule has 4 heteroatoms. The Labute approximate surface area is 144 Å². The van der Waals surface area contributed by atoms with E-state index in [4.69, 9.17) is 4.74 Å². The molecule has 1 N–H and O–H groups in total. The van der Waals surface area contributed by atoms with Crippen LogP contribution in [0, 0.1) is 6.92 Å². The summed E-state index contributed by atoms with van der Waals surface area (Å²) in [5.74, 6) is 0.819. The summed E-state index contributed by atoms with van der Waals surface area (Å²) in [4.78, 5) is 14.4. The maximum absolute atomic E-state index is 12.3. The van der Waals surface area contributed by atoms with Crippen molar-refractivity contribution in [3.63, 3.8) is 0 Å². The lowest BCUT2D eigenvalue weighted by molar-refractivity contribution is 0.0942. The van der Waals surface area contributed by atoms with E-state index in [1.54, 1.807) is 0 Å². The van der Waals surface area contributed by atoms with E-state index in [9.17, 15) is 4.79 Å². The number of nitrogens with zero attached hydrogens (tertiary/aromatic N) is 1. The van der Waals surface area contributed by atoms with Gasteiger partial charge < -0.3 is 15.0 Å². The summed E-state index contributed by atoms with van der Waals surface area (Å²) in [6.07, 6.45) is 0. The van der Waals surface area contributed by atoms with Crippen LogP contribution in [0.5, 0.6) is 5.75 Å². The SMILES string of the molecule is CCOc1ccc(C(CNC(=O)c2cccc(C)c2)N(C)C)cc1. The van der Waals surface area contributed by atoms with Gasteiger partial charge in [-0.15, -0.1) is 0 Å². The molecule has 0 bridgehead atoms. The average molecular weight is 326 g/mol. The highest BCUT2D eigenvalue weighted by Crippen LogP contribution is 2.21. The van der Waals surface area contributed by atoms with Gasteiger partial charge in [0.1, 0.15) is 5.75 Å². The fourth-order valence-electron chi connectivity index (χ4n) is 2.63. The maximum atomic E-state index is 12.3. The van der Waals surface area contributed by atoms with E-state index in [-0.39, 0.29) is 11.9 Å². The van der Waals surface area contributed by atoms with Gasteiger partial charge in [0.2, 0.25) is 0 Å². The van der Waals surface area contributed by atoms with Crippen LogP contribution in [-0.2, 0) is 0 Å². The van der Waals surface area contributed by atoms with Crippen LogP contribution >= 0.6 is 0 Å². The normalized spacial score (nSPS) is 12.0. The third kappa shape index (κ3) is 4.83. The fraction of sp³-hybridized carbons (Fsp3) is 0.350. The molecule has 128 valence electrons. The van der Waals surface area contributed by atoms with Crippen molar-refractivity contribution in [2.75, 3.05) is 27.2 Å². The van der Waals surface area contributed by atoms with Crippen LogP contribution in [0.1, 0.15) is 34.5 Å². The van der Waals surface area contributed by atoms with Gasteiger partial charge >= 0.3 is 0 Å². The number of hydrogen-bond donors (Lipinski definition) is 1. The molecule has 0 aliphatic heterocycles. The molecule has 2 rings (SSSR count). The number of carbonyl (C=O) groups is 1. The highest BCUT2D eigenvalue weighted by atomic mass is 16.5. The average Bonchev–Trinajstić information content (AvgIpc) is 2.56. The molecule has 1 amide bonds. The quantitative estimate of drug-likeness (QED) is 0.847. The van der Waals surface area contributed by atoms with E-state index in [1.807, 2.05) is 64.3 Å². The second-order valence-electron chi connectivity index (χ2n) is 6.06. The minimum Gasteiger partial charge on any atom is -0.494 e. The number of carbonyl (C=O) groups excluding carboxylic acids is 1. The van der Waals surface area contributed by atoms with Gasteiger partial charge in [-0.25, -0.2) is 0 Å². The third-order valence-electron chi connectivity index (χ3n) is 3.94. The summed E-state index contributed by atoms with van der Waals surface area (Å²) < 4.78 is 5.48. The van der Waals surface area contributed by atoms with Crippen molar-refractivity contribution in [3.8, 4) is 5.75 Å². The molecule has 0 saturated carbocycles. The van der Waals surface area contributed by atoms with E-state index in [0.29, 0.717) is 18.7 Å². The number of benzene rings is 2. The van der Waals surface area contributed by atoms with Gasteiger partial charge in [-0.05, 0) is 57.8 Å². The molecule has 0 aromatic heterocycles. The van der Waals surface area contributed by atoms with E-state index >= 15 is 0 Å². The molecule has 2 aromatic carbocycles. The maximum Gasteiger partial charge on any atom is 0.251 e. The summed E-state index contributed by atoms with van der Waals surface area (Å²) >= 11 is 0. The van der Waals surface area contributed by atoms with Crippen LogP contribution < -0.4 is 10.1 Å². The minimum absolute atomic E-state index is 0.0449. The summed E-state index contributed by atoms with van der Waals surface area (Å²) in [6.45, 7) is 5.16. The van der Waals surface area contributed by atoms with Gasteiger partial charge in [0.05, 0.1) is 12.6 Å². The highest BCUT2D eigenvalue weighted by molar-refractivity contribution is 5.94. The Balaban J connectivity index is 2.04. The van der Waals surface area contributed by atoms with Crippen molar-refractivity contribution >= 4 is 5.91 Å². The largest absolute Gasteiger partial charge is 0.494 e. The summed E-state index contributed by atoms with van der Waals surface area (Å²) in [5, 5.41) is 3.03. The molecular formula is C20H26N2O2. The van der Waals surface area contributed by atoms with Gasteiger partial charge in [0, 0.05) is 12.1 Å². The smallest absolute Gasteiger partial charge is 0.251 e. The van der Waals surface area contributed by atoms with Gasteiger partial charge in [0.15, 0.2) is 0 Å². The Bertz CT molecular complexity index is 666. The molecular weight excluding hydrogens is 300 g/mol.